The molecule has 21 heavy (non-hydrogen) atoms. The molecule has 4 aliphatic rings. The maximum atomic E-state index is 12.4. The smallest absolute Gasteiger partial charge is 0.330 e. The van der Waals surface area contributed by atoms with Crippen molar-refractivity contribution in [1.82, 2.24) is 0 Å². The van der Waals surface area contributed by atoms with Crippen LogP contribution in [0.3, 0.4) is 0 Å². The second-order valence-corrected chi connectivity index (χ2v) is 7.36. The van der Waals surface area contributed by atoms with Gasteiger partial charge in [-0.15, -0.1) is 0 Å². The summed E-state index contributed by atoms with van der Waals surface area (Å²) in [5.74, 6) is -0.850. The van der Waals surface area contributed by atoms with Gasteiger partial charge in [-0.3, -0.25) is 4.79 Å². The van der Waals surface area contributed by atoms with Gasteiger partial charge in [0, 0.05) is 17.9 Å². The molecule has 0 radical (unpaired) electrons. The molecule has 0 aromatic heterocycles. The predicted octanol–water partition coefficient (Wildman–Crippen LogP) is 1.20. The fraction of sp³-hybridized carbons (Fsp3) is 0.750. The van der Waals surface area contributed by atoms with Crippen LogP contribution in [0.25, 0.3) is 0 Å². The third kappa shape index (κ3) is 1.45. The molecule has 0 aromatic carbocycles. The number of ether oxygens (including phenoxy) is 2. The third-order valence-corrected chi connectivity index (χ3v) is 6.29. The minimum atomic E-state index is -0.786. The predicted molar refractivity (Wildman–Crippen MR) is 72.0 cm³/mol. The van der Waals surface area contributed by atoms with Gasteiger partial charge >= 0.3 is 11.9 Å². The number of hydrogen-bond donors (Lipinski definition) is 1. The molecule has 2 aliphatic carbocycles. The highest BCUT2D eigenvalue weighted by Crippen LogP contribution is 2.65. The van der Waals surface area contributed by atoms with Gasteiger partial charge in [-0.2, -0.15) is 0 Å². The first-order valence-electron chi connectivity index (χ1n) is 7.66. The topological polar surface area (TPSA) is 72.8 Å². The van der Waals surface area contributed by atoms with E-state index in [-0.39, 0.29) is 35.8 Å². The van der Waals surface area contributed by atoms with Gasteiger partial charge in [0.15, 0.2) is 0 Å². The summed E-state index contributed by atoms with van der Waals surface area (Å²) in [6, 6.07) is 0. The van der Waals surface area contributed by atoms with Crippen molar-refractivity contribution in [3.63, 3.8) is 0 Å². The summed E-state index contributed by atoms with van der Waals surface area (Å²) < 4.78 is 10.7. The van der Waals surface area contributed by atoms with Crippen LogP contribution in [0.5, 0.6) is 0 Å². The van der Waals surface area contributed by atoms with Crippen molar-refractivity contribution in [3.05, 3.63) is 11.6 Å². The number of esters is 2. The van der Waals surface area contributed by atoms with E-state index in [1.165, 1.54) is 0 Å². The Morgan fingerprint density at radius 2 is 1.95 bits per heavy atom. The summed E-state index contributed by atoms with van der Waals surface area (Å²) in [6.07, 6.45) is 2.92. The summed E-state index contributed by atoms with van der Waals surface area (Å²) >= 11 is 0. The lowest BCUT2D eigenvalue weighted by Gasteiger charge is -2.55. The Kier molecular flexibility index (Phi) is 2.46. The normalized spacial score (nSPS) is 51.5. The van der Waals surface area contributed by atoms with Gasteiger partial charge in [-0.05, 0) is 30.8 Å². The summed E-state index contributed by atoms with van der Waals surface area (Å²) in [7, 11) is 0. The van der Waals surface area contributed by atoms with Crippen LogP contribution in [0.2, 0.25) is 0 Å². The maximum Gasteiger partial charge on any atom is 0.330 e. The second-order valence-electron chi connectivity index (χ2n) is 7.36. The standard InChI is InChI=1S/C16H20O5/c1-15-4-3-5-16(2)13(15)12(21-14(16)19)11(18)8-7-20-10(17)6-9(8)15/h6,8,11-13,18H,3-5,7H2,1-2H3/t8-,11+,12-,13-,15-,16+/m1/s1. The van der Waals surface area contributed by atoms with Gasteiger partial charge in [0.25, 0.3) is 0 Å². The number of carbonyl (C=O) groups is 2. The van der Waals surface area contributed by atoms with Crippen LogP contribution in [-0.2, 0) is 19.1 Å². The Morgan fingerprint density at radius 3 is 2.71 bits per heavy atom. The van der Waals surface area contributed by atoms with Crippen LogP contribution in [-0.4, -0.2) is 35.9 Å². The molecule has 0 spiro atoms. The second kappa shape index (κ2) is 3.88. The summed E-state index contributed by atoms with van der Waals surface area (Å²) in [6.45, 7) is 4.25. The van der Waals surface area contributed by atoms with Crippen LogP contribution in [0.1, 0.15) is 33.1 Å². The molecule has 114 valence electrons. The molecule has 6 atom stereocenters. The lowest BCUT2D eigenvalue weighted by molar-refractivity contribution is -0.158. The van der Waals surface area contributed by atoms with Gasteiger partial charge in [0.2, 0.25) is 0 Å². The number of rotatable bonds is 0. The Morgan fingerprint density at radius 1 is 1.24 bits per heavy atom. The van der Waals surface area contributed by atoms with E-state index in [0.717, 1.165) is 24.8 Å². The maximum absolute atomic E-state index is 12.4. The van der Waals surface area contributed by atoms with Gasteiger partial charge < -0.3 is 14.6 Å². The van der Waals surface area contributed by atoms with Gasteiger partial charge in [-0.1, -0.05) is 13.3 Å². The van der Waals surface area contributed by atoms with E-state index >= 15 is 0 Å². The van der Waals surface area contributed by atoms with Crippen molar-refractivity contribution >= 4 is 11.9 Å². The molecule has 2 heterocycles. The van der Waals surface area contributed by atoms with Gasteiger partial charge in [0.1, 0.15) is 18.8 Å². The number of fused-ring (bicyclic) bond motifs is 2. The molecular formula is C16H20O5. The molecule has 5 nitrogen and oxygen atoms in total. The van der Waals surface area contributed by atoms with E-state index in [1.54, 1.807) is 6.08 Å². The Balaban J connectivity index is 1.90. The van der Waals surface area contributed by atoms with E-state index in [4.69, 9.17) is 9.47 Å². The average Bonchev–Trinajstić information content (AvgIpc) is 2.71. The molecule has 5 heteroatoms. The molecule has 0 bridgehead atoms. The highest BCUT2D eigenvalue weighted by atomic mass is 16.6. The van der Waals surface area contributed by atoms with Crippen molar-refractivity contribution in [2.24, 2.45) is 22.7 Å². The first-order valence-corrected chi connectivity index (χ1v) is 7.66. The van der Waals surface area contributed by atoms with Crippen LogP contribution < -0.4 is 0 Å². The Hall–Kier alpha value is -1.36. The fourth-order valence-corrected chi connectivity index (χ4v) is 5.35. The Bertz CT molecular complexity index is 567. The van der Waals surface area contributed by atoms with E-state index in [0.29, 0.717) is 0 Å². The van der Waals surface area contributed by atoms with Crippen LogP contribution in [0, 0.1) is 22.7 Å². The SMILES string of the molecule is C[C@@]12CCC[C@]3(C)C4=CC(=O)OC[C@H]4[C@H](O)[C@@H](OC1=O)[C@@H]23. The summed E-state index contributed by atoms with van der Waals surface area (Å²) in [5.41, 5.74) is 0.135. The van der Waals surface area contributed by atoms with Crippen molar-refractivity contribution in [3.8, 4) is 0 Å². The highest BCUT2D eigenvalue weighted by Gasteiger charge is 2.69. The van der Waals surface area contributed by atoms with E-state index in [9.17, 15) is 14.7 Å². The number of hydrogen-bond acceptors (Lipinski definition) is 5. The number of carbonyl (C=O) groups excluding carboxylic acids is 2. The molecule has 0 unspecified atom stereocenters. The van der Waals surface area contributed by atoms with Crippen LogP contribution in [0.4, 0.5) is 0 Å². The highest BCUT2D eigenvalue weighted by molar-refractivity contribution is 5.85. The number of aliphatic hydroxyl groups excluding tert-OH is 1. The first-order chi connectivity index (χ1) is 9.88. The number of cyclic esters (lactones) is 1. The van der Waals surface area contributed by atoms with Crippen molar-refractivity contribution in [1.29, 1.82) is 0 Å². The van der Waals surface area contributed by atoms with Crippen molar-refractivity contribution in [2.75, 3.05) is 6.61 Å². The number of aliphatic hydroxyl groups is 1. The largest absolute Gasteiger partial charge is 0.462 e. The molecule has 4 rings (SSSR count). The van der Waals surface area contributed by atoms with Crippen molar-refractivity contribution in [2.45, 2.75) is 45.3 Å². The Labute approximate surface area is 123 Å². The first kappa shape index (κ1) is 13.3. The van der Waals surface area contributed by atoms with E-state index < -0.39 is 17.6 Å². The minimum Gasteiger partial charge on any atom is -0.462 e. The zero-order chi connectivity index (χ0) is 15.0. The van der Waals surface area contributed by atoms with Crippen LogP contribution in [0.15, 0.2) is 11.6 Å². The van der Waals surface area contributed by atoms with Crippen LogP contribution >= 0.6 is 0 Å². The molecule has 1 N–H and O–H groups in total. The molecule has 3 fully saturated rings. The molecule has 0 aromatic rings. The third-order valence-electron chi connectivity index (χ3n) is 6.29. The molecular weight excluding hydrogens is 272 g/mol. The fourth-order valence-electron chi connectivity index (χ4n) is 5.35. The minimum absolute atomic E-state index is 0.0605. The molecule has 2 saturated carbocycles. The van der Waals surface area contributed by atoms with Gasteiger partial charge in [0.05, 0.1) is 5.41 Å². The van der Waals surface area contributed by atoms with Crippen molar-refractivity contribution < 1.29 is 24.2 Å². The van der Waals surface area contributed by atoms with E-state index in [2.05, 4.69) is 6.92 Å². The summed E-state index contributed by atoms with van der Waals surface area (Å²) in [5, 5.41) is 10.7. The van der Waals surface area contributed by atoms with Gasteiger partial charge in [-0.25, -0.2) is 4.79 Å². The lowest BCUT2D eigenvalue weighted by atomic mass is 9.47. The van der Waals surface area contributed by atoms with E-state index in [1.807, 2.05) is 6.92 Å². The molecule has 0 amide bonds. The molecule has 1 saturated heterocycles. The quantitative estimate of drug-likeness (QED) is 0.679. The average molecular weight is 292 g/mol. The monoisotopic (exact) mass is 292 g/mol. The lowest BCUT2D eigenvalue weighted by Crippen LogP contribution is -2.59. The molecule has 2 aliphatic heterocycles. The summed E-state index contributed by atoms with van der Waals surface area (Å²) in [4.78, 5) is 24.1. The zero-order valence-corrected chi connectivity index (χ0v) is 12.3. The zero-order valence-electron chi connectivity index (χ0n) is 12.3.